The molecule has 226 valence electrons. The van der Waals surface area contributed by atoms with Gasteiger partial charge in [-0.05, 0) is 68.7 Å². The summed E-state index contributed by atoms with van der Waals surface area (Å²) in [6, 6.07) is 16.9. The number of amides is 2. The summed E-state index contributed by atoms with van der Waals surface area (Å²) in [7, 11) is -2.78. The first-order valence-corrected chi connectivity index (χ1v) is 15.9. The molecule has 3 aromatic carbocycles. The molecule has 8 nitrogen and oxygen atoms in total. The molecule has 3 aromatic rings. The number of sulfonamides is 1. The maximum Gasteiger partial charge on any atom is 0.264 e. The number of benzene rings is 3. The first kappa shape index (κ1) is 33.2. The van der Waals surface area contributed by atoms with Crippen LogP contribution in [-0.2, 0) is 26.2 Å². The van der Waals surface area contributed by atoms with Crippen molar-refractivity contribution >= 4 is 50.7 Å². The molecule has 0 aliphatic carbocycles. The van der Waals surface area contributed by atoms with Gasteiger partial charge in [0.1, 0.15) is 18.3 Å². The van der Waals surface area contributed by atoms with Gasteiger partial charge in [0.05, 0.1) is 22.7 Å². The lowest BCUT2D eigenvalue weighted by Gasteiger charge is -2.34. The van der Waals surface area contributed by atoms with Gasteiger partial charge in [-0.15, -0.1) is 0 Å². The number of rotatable bonds is 13. The quantitative estimate of drug-likeness (QED) is 0.241. The minimum absolute atomic E-state index is 0.00653. The zero-order valence-corrected chi connectivity index (χ0v) is 26.8. The number of hydrogen-bond acceptors (Lipinski definition) is 5. The van der Waals surface area contributed by atoms with E-state index in [1.807, 2.05) is 20.8 Å². The number of aryl methyl sites for hydroxylation is 1. The maximum atomic E-state index is 14.2. The fourth-order valence-electron chi connectivity index (χ4n) is 4.35. The van der Waals surface area contributed by atoms with Gasteiger partial charge in [-0.2, -0.15) is 0 Å². The standard InChI is InChI=1S/C31H37Cl2N3O5S/c1-6-22(4)34-31(38)28(7-2)35(19-23-10-8-9-11-26(23)32)30(37)20-36(24-14-17-29(41-5)27(33)18-24)42(39,40)25-15-12-21(3)13-16-25/h8-18,22,28H,6-7,19-20H2,1-5H3,(H,34,38)/t22-,28+/m0/s1. The summed E-state index contributed by atoms with van der Waals surface area (Å²) in [4.78, 5) is 29.0. The molecule has 0 bridgehead atoms. The summed E-state index contributed by atoms with van der Waals surface area (Å²) < 4.78 is 34.3. The first-order chi connectivity index (χ1) is 19.9. The van der Waals surface area contributed by atoms with Crippen molar-refractivity contribution in [2.45, 2.75) is 64.1 Å². The fourth-order valence-corrected chi connectivity index (χ4v) is 6.20. The average Bonchev–Trinajstić information content (AvgIpc) is 2.96. The van der Waals surface area contributed by atoms with Crippen LogP contribution >= 0.6 is 23.2 Å². The van der Waals surface area contributed by atoms with Crippen molar-refractivity contribution in [1.82, 2.24) is 10.2 Å². The van der Waals surface area contributed by atoms with Gasteiger partial charge in [0, 0.05) is 17.6 Å². The number of hydrogen-bond donors (Lipinski definition) is 1. The molecular formula is C31H37Cl2N3O5S. The van der Waals surface area contributed by atoms with Crippen LogP contribution in [0.15, 0.2) is 71.6 Å². The van der Waals surface area contributed by atoms with E-state index < -0.39 is 28.5 Å². The number of methoxy groups -OCH3 is 1. The van der Waals surface area contributed by atoms with Crippen molar-refractivity contribution < 1.29 is 22.7 Å². The van der Waals surface area contributed by atoms with Crippen LogP contribution in [0.25, 0.3) is 0 Å². The van der Waals surface area contributed by atoms with E-state index in [0.717, 1.165) is 9.87 Å². The molecule has 0 saturated heterocycles. The van der Waals surface area contributed by atoms with E-state index in [-0.39, 0.29) is 34.1 Å². The topological polar surface area (TPSA) is 96.0 Å². The van der Waals surface area contributed by atoms with Crippen LogP contribution in [-0.4, -0.2) is 50.9 Å². The molecule has 42 heavy (non-hydrogen) atoms. The highest BCUT2D eigenvalue weighted by Crippen LogP contribution is 2.32. The second-order valence-corrected chi connectivity index (χ2v) is 12.7. The Kier molecular flexibility index (Phi) is 11.7. The summed E-state index contributed by atoms with van der Waals surface area (Å²) in [5.41, 5.74) is 1.68. The lowest BCUT2D eigenvalue weighted by Crippen LogP contribution is -2.53. The highest BCUT2D eigenvalue weighted by molar-refractivity contribution is 7.92. The third-order valence-electron chi connectivity index (χ3n) is 7.00. The van der Waals surface area contributed by atoms with Crippen molar-refractivity contribution in [2.75, 3.05) is 18.0 Å². The molecule has 0 spiro atoms. The number of carbonyl (C=O) groups is 2. The van der Waals surface area contributed by atoms with Crippen molar-refractivity contribution in [3.05, 3.63) is 87.9 Å². The molecule has 3 rings (SSSR count). The van der Waals surface area contributed by atoms with E-state index in [2.05, 4.69) is 5.32 Å². The minimum atomic E-state index is -4.23. The number of anilines is 1. The maximum absolute atomic E-state index is 14.2. The molecular weight excluding hydrogens is 597 g/mol. The highest BCUT2D eigenvalue weighted by atomic mass is 35.5. The Morgan fingerprint density at radius 1 is 0.952 bits per heavy atom. The van der Waals surface area contributed by atoms with Crippen LogP contribution in [0.5, 0.6) is 5.75 Å². The zero-order valence-electron chi connectivity index (χ0n) is 24.4. The second-order valence-electron chi connectivity index (χ2n) is 10.00. The Morgan fingerprint density at radius 2 is 1.62 bits per heavy atom. The van der Waals surface area contributed by atoms with Crippen LogP contribution in [0.4, 0.5) is 5.69 Å². The largest absolute Gasteiger partial charge is 0.495 e. The number of nitrogens with zero attached hydrogens (tertiary/aromatic N) is 2. The molecule has 0 aromatic heterocycles. The Labute approximate surface area is 258 Å². The number of halogens is 2. The molecule has 0 radical (unpaired) electrons. The van der Waals surface area contributed by atoms with E-state index in [1.165, 1.54) is 42.3 Å². The number of ether oxygens (including phenoxy) is 1. The SMILES string of the molecule is CC[C@H](C(=O)N[C@@H](C)CC)N(Cc1ccccc1Cl)C(=O)CN(c1ccc(OC)c(Cl)c1)S(=O)(=O)c1ccc(C)cc1. The van der Waals surface area contributed by atoms with Gasteiger partial charge >= 0.3 is 0 Å². The monoisotopic (exact) mass is 633 g/mol. The molecule has 0 saturated carbocycles. The Hall–Kier alpha value is -3.27. The van der Waals surface area contributed by atoms with Gasteiger partial charge in [-0.1, -0.05) is 72.9 Å². The van der Waals surface area contributed by atoms with E-state index in [1.54, 1.807) is 43.3 Å². The van der Waals surface area contributed by atoms with Crippen molar-refractivity contribution in [1.29, 1.82) is 0 Å². The first-order valence-electron chi connectivity index (χ1n) is 13.7. The lowest BCUT2D eigenvalue weighted by molar-refractivity contribution is -0.140. The van der Waals surface area contributed by atoms with Crippen molar-refractivity contribution in [2.24, 2.45) is 0 Å². The summed E-state index contributed by atoms with van der Waals surface area (Å²) in [5, 5.41) is 3.56. The Balaban J connectivity index is 2.11. The molecule has 2 amide bonds. The van der Waals surface area contributed by atoms with E-state index in [0.29, 0.717) is 29.2 Å². The molecule has 0 unspecified atom stereocenters. The second kappa shape index (κ2) is 14.8. The smallest absolute Gasteiger partial charge is 0.264 e. The highest BCUT2D eigenvalue weighted by Gasteiger charge is 2.34. The fraction of sp³-hybridized carbons (Fsp3) is 0.355. The predicted octanol–water partition coefficient (Wildman–Crippen LogP) is 6.23. The molecule has 0 fully saturated rings. The van der Waals surface area contributed by atoms with E-state index in [4.69, 9.17) is 27.9 Å². The van der Waals surface area contributed by atoms with Crippen molar-refractivity contribution in [3.63, 3.8) is 0 Å². The van der Waals surface area contributed by atoms with Crippen LogP contribution in [0.2, 0.25) is 10.0 Å². The van der Waals surface area contributed by atoms with Gasteiger partial charge in [0.2, 0.25) is 11.8 Å². The number of nitrogens with one attached hydrogen (secondary N) is 1. The van der Waals surface area contributed by atoms with Crippen LogP contribution in [0.3, 0.4) is 0 Å². The molecule has 2 atom stereocenters. The summed E-state index contributed by atoms with van der Waals surface area (Å²) >= 11 is 12.8. The van der Waals surface area contributed by atoms with Gasteiger partial charge in [0.15, 0.2) is 0 Å². The third-order valence-corrected chi connectivity index (χ3v) is 9.45. The summed E-state index contributed by atoms with van der Waals surface area (Å²) in [6.07, 6.45) is 1.01. The van der Waals surface area contributed by atoms with Crippen LogP contribution in [0, 0.1) is 6.92 Å². The average molecular weight is 635 g/mol. The Morgan fingerprint density at radius 3 is 2.19 bits per heavy atom. The zero-order chi connectivity index (χ0) is 31.0. The molecule has 11 heteroatoms. The molecule has 1 N–H and O–H groups in total. The van der Waals surface area contributed by atoms with Crippen molar-refractivity contribution in [3.8, 4) is 5.75 Å². The summed E-state index contributed by atoms with van der Waals surface area (Å²) in [6.45, 7) is 6.91. The van der Waals surface area contributed by atoms with Gasteiger partial charge in [-0.25, -0.2) is 8.42 Å². The minimum Gasteiger partial charge on any atom is -0.495 e. The molecule has 0 aliphatic rings. The lowest BCUT2D eigenvalue weighted by atomic mass is 10.1. The van der Waals surface area contributed by atoms with Crippen LogP contribution < -0.4 is 14.4 Å². The Bertz CT molecular complexity index is 1500. The van der Waals surface area contributed by atoms with E-state index in [9.17, 15) is 18.0 Å². The third kappa shape index (κ3) is 7.96. The predicted molar refractivity (Wildman–Crippen MR) is 168 cm³/mol. The van der Waals surface area contributed by atoms with Crippen LogP contribution in [0.1, 0.15) is 44.7 Å². The number of carbonyl (C=O) groups excluding carboxylic acids is 2. The van der Waals surface area contributed by atoms with Gasteiger partial charge in [-0.3, -0.25) is 13.9 Å². The molecule has 0 aliphatic heterocycles. The van der Waals surface area contributed by atoms with Gasteiger partial charge in [0.25, 0.3) is 10.0 Å². The molecule has 0 heterocycles. The summed E-state index contributed by atoms with van der Waals surface area (Å²) in [5.74, 6) is -0.552. The van der Waals surface area contributed by atoms with E-state index >= 15 is 0 Å². The normalized spacial score (nSPS) is 12.7. The van der Waals surface area contributed by atoms with Gasteiger partial charge < -0.3 is 15.0 Å².